The third-order valence-electron chi connectivity index (χ3n) is 7.25. The molecular formula is C27H33N7. The van der Waals surface area contributed by atoms with E-state index >= 15 is 0 Å². The normalized spacial score (nSPS) is 17.8. The van der Waals surface area contributed by atoms with Crippen LogP contribution in [0.2, 0.25) is 0 Å². The lowest BCUT2D eigenvalue weighted by Gasteiger charge is -2.37. The molecule has 2 fully saturated rings. The third kappa shape index (κ3) is 4.26. The van der Waals surface area contributed by atoms with E-state index in [0.717, 1.165) is 71.7 Å². The average molecular weight is 456 g/mol. The standard InChI is InChI=1S/C27H33N7/c1-17(2)34-11-9-33(10-12-34)16-21-13-22(14-23-25(21)31-26(30-23)19-7-8-19)29-27-28-15-20-6-4-5-18(3)24(20)32-27/h4-6,13-15,17,19H,7-12,16H2,1-3H3,(H,30,31)(H,28,29,32). The number of hydrogen-bond acceptors (Lipinski definition) is 6. The highest BCUT2D eigenvalue weighted by atomic mass is 15.3. The van der Waals surface area contributed by atoms with Gasteiger partial charge in [-0.25, -0.2) is 15.0 Å². The molecule has 0 spiro atoms. The van der Waals surface area contributed by atoms with E-state index in [1.54, 1.807) is 0 Å². The molecule has 0 radical (unpaired) electrons. The topological polar surface area (TPSA) is 73.0 Å². The van der Waals surface area contributed by atoms with Gasteiger partial charge in [-0.15, -0.1) is 0 Å². The largest absolute Gasteiger partial charge is 0.342 e. The highest BCUT2D eigenvalue weighted by Gasteiger charge is 2.28. The molecule has 1 saturated carbocycles. The molecule has 176 valence electrons. The predicted molar refractivity (Wildman–Crippen MR) is 138 cm³/mol. The van der Waals surface area contributed by atoms with Crippen molar-refractivity contribution in [2.45, 2.75) is 52.1 Å². The van der Waals surface area contributed by atoms with Crippen molar-refractivity contribution in [3.05, 3.63) is 53.5 Å². The number of aromatic amines is 1. The number of nitrogens with zero attached hydrogens (tertiary/aromatic N) is 5. The molecule has 7 nitrogen and oxygen atoms in total. The number of fused-ring (bicyclic) bond motifs is 2. The number of piperazine rings is 1. The van der Waals surface area contributed by atoms with Crippen LogP contribution in [-0.4, -0.2) is 62.0 Å². The number of rotatable bonds is 6. The van der Waals surface area contributed by atoms with E-state index in [1.165, 1.54) is 18.4 Å². The number of hydrogen-bond donors (Lipinski definition) is 2. The summed E-state index contributed by atoms with van der Waals surface area (Å²) in [5, 5.41) is 4.53. The fraction of sp³-hybridized carbons (Fsp3) is 0.444. The summed E-state index contributed by atoms with van der Waals surface area (Å²) in [7, 11) is 0. The van der Waals surface area contributed by atoms with Gasteiger partial charge in [-0.2, -0.15) is 0 Å². The number of aryl methyl sites for hydroxylation is 1. The molecule has 0 unspecified atom stereocenters. The number of para-hydroxylation sites is 1. The van der Waals surface area contributed by atoms with Crippen LogP contribution in [0, 0.1) is 6.92 Å². The van der Waals surface area contributed by atoms with Crippen molar-refractivity contribution in [1.82, 2.24) is 29.7 Å². The van der Waals surface area contributed by atoms with E-state index in [1.807, 2.05) is 12.3 Å². The van der Waals surface area contributed by atoms with Gasteiger partial charge in [-0.3, -0.25) is 9.80 Å². The molecule has 0 bridgehead atoms. The lowest BCUT2D eigenvalue weighted by Crippen LogP contribution is -2.48. The van der Waals surface area contributed by atoms with E-state index in [2.05, 4.69) is 70.1 Å². The fourth-order valence-corrected chi connectivity index (χ4v) is 5.02. The number of H-pyrrole nitrogens is 1. The Labute approximate surface area is 200 Å². The molecule has 0 atom stereocenters. The van der Waals surface area contributed by atoms with Crippen LogP contribution < -0.4 is 5.32 Å². The van der Waals surface area contributed by atoms with E-state index in [9.17, 15) is 0 Å². The maximum atomic E-state index is 5.03. The maximum Gasteiger partial charge on any atom is 0.227 e. The van der Waals surface area contributed by atoms with Crippen molar-refractivity contribution in [2.24, 2.45) is 0 Å². The van der Waals surface area contributed by atoms with Crippen LogP contribution in [0.5, 0.6) is 0 Å². The number of aromatic nitrogens is 4. The van der Waals surface area contributed by atoms with Crippen LogP contribution in [-0.2, 0) is 6.54 Å². The van der Waals surface area contributed by atoms with Gasteiger partial charge in [0.25, 0.3) is 0 Å². The van der Waals surface area contributed by atoms with Crippen LogP contribution in [0.3, 0.4) is 0 Å². The smallest absolute Gasteiger partial charge is 0.227 e. The van der Waals surface area contributed by atoms with Crippen LogP contribution in [0.1, 0.15) is 49.6 Å². The Morgan fingerprint density at radius 3 is 2.65 bits per heavy atom. The van der Waals surface area contributed by atoms with Gasteiger partial charge in [0.05, 0.1) is 16.6 Å². The molecular weight excluding hydrogens is 422 g/mol. The van der Waals surface area contributed by atoms with Gasteiger partial charge in [-0.05, 0) is 56.9 Å². The summed E-state index contributed by atoms with van der Waals surface area (Å²) < 4.78 is 0. The Kier molecular flexibility index (Phi) is 5.46. The van der Waals surface area contributed by atoms with Crippen molar-refractivity contribution in [2.75, 3.05) is 31.5 Å². The third-order valence-corrected chi connectivity index (χ3v) is 7.25. The zero-order chi connectivity index (χ0) is 23.2. The van der Waals surface area contributed by atoms with Gasteiger partial charge in [0.1, 0.15) is 5.82 Å². The summed E-state index contributed by atoms with van der Waals surface area (Å²) in [6, 6.07) is 11.2. The van der Waals surface area contributed by atoms with Gasteiger partial charge in [0.2, 0.25) is 5.95 Å². The quantitative estimate of drug-likeness (QED) is 0.428. The minimum absolute atomic E-state index is 0.595. The van der Waals surface area contributed by atoms with E-state index < -0.39 is 0 Å². The highest BCUT2D eigenvalue weighted by molar-refractivity contribution is 5.85. The molecule has 2 N–H and O–H groups in total. The molecule has 1 saturated heterocycles. The van der Waals surface area contributed by atoms with Crippen molar-refractivity contribution in [3.63, 3.8) is 0 Å². The second kappa shape index (κ2) is 8.64. The molecule has 1 aliphatic carbocycles. The van der Waals surface area contributed by atoms with Crippen molar-refractivity contribution >= 4 is 33.6 Å². The Morgan fingerprint density at radius 2 is 1.88 bits per heavy atom. The first-order chi connectivity index (χ1) is 16.5. The van der Waals surface area contributed by atoms with Crippen molar-refractivity contribution < 1.29 is 0 Å². The zero-order valence-electron chi connectivity index (χ0n) is 20.3. The Hall–Kier alpha value is -3.03. The van der Waals surface area contributed by atoms with Gasteiger partial charge in [0.15, 0.2) is 0 Å². The molecule has 2 aromatic carbocycles. The Balaban J connectivity index is 1.31. The summed E-state index contributed by atoms with van der Waals surface area (Å²) in [4.78, 5) is 23.1. The maximum absolute atomic E-state index is 5.03. The van der Waals surface area contributed by atoms with Gasteiger partial charge in [0, 0.05) is 62.0 Å². The number of imidazole rings is 1. The summed E-state index contributed by atoms with van der Waals surface area (Å²) in [5.74, 6) is 2.35. The Morgan fingerprint density at radius 1 is 1.06 bits per heavy atom. The monoisotopic (exact) mass is 455 g/mol. The minimum Gasteiger partial charge on any atom is -0.342 e. The first-order valence-corrected chi connectivity index (χ1v) is 12.5. The summed E-state index contributed by atoms with van der Waals surface area (Å²) in [6.07, 6.45) is 4.37. The van der Waals surface area contributed by atoms with E-state index in [4.69, 9.17) is 9.97 Å². The summed E-state index contributed by atoms with van der Waals surface area (Å²) in [5.41, 5.74) is 6.61. The lowest BCUT2D eigenvalue weighted by atomic mass is 10.1. The molecule has 2 aliphatic rings. The van der Waals surface area contributed by atoms with E-state index in [-0.39, 0.29) is 0 Å². The van der Waals surface area contributed by atoms with Crippen LogP contribution >= 0.6 is 0 Å². The minimum atomic E-state index is 0.595. The molecule has 0 amide bonds. The lowest BCUT2D eigenvalue weighted by molar-refractivity contribution is 0.104. The van der Waals surface area contributed by atoms with Crippen molar-refractivity contribution in [3.8, 4) is 0 Å². The number of nitrogens with one attached hydrogen (secondary N) is 2. The van der Waals surface area contributed by atoms with Crippen LogP contribution in [0.25, 0.3) is 21.9 Å². The summed E-state index contributed by atoms with van der Waals surface area (Å²) >= 11 is 0. The van der Waals surface area contributed by atoms with Gasteiger partial charge >= 0.3 is 0 Å². The molecule has 4 aromatic rings. The molecule has 7 heteroatoms. The number of benzene rings is 2. The molecule has 3 heterocycles. The molecule has 6 rings (SSSR count). The van der Waals surface area contributed by atoms with Crippen LogP contribution in [0.4, 0.5) is 11.6 Å². The summed E-state index contributed by atoms with van der Waals surface area (Å²) in [6.45, 7) is 12.0. The van der Waals surface area contributed by atoms with E-state index in [0.29, 0.717) is 17.9 Å². The molecule has 2 aromatic heterocycles. The fourth-order valence-electron chi connectivity index (χ4n) is 5.02. The van der Waals surface area contributed by atoms with Gasteiger partial charge in [-0.1, -0.05) is 18.2 Å². The average Bonchev–Trinajstić information content (AvgIpc) is 3.59. The van der Waals surface area contributed by atoms with Crippen molar-refractivity contribution in [1.29, 1.82) is 0 Å². The van der Waals surface area contributed by atoms with Gasteiger partial charge < -0.3 is 10.3 Å². The second-order valence-corrected chi connectivity index (χ2v) is 10.2. The second-order valence-electron chi connectivity index (χ2n) is 10.2. The predicted octanol–water partition coefficient (Wildman–Crippen LogP) is 4.96. The molecule has 1 aliphatic heterocycles. The SMILES string of the molecule is Cc1cccc2cnc(Nc3cc(CN4CCN(C(C)C)CC4)c4nc(C5CC5)[nH]c4c3)nc12. The first-order valence-electron chi connectivity index (χ1n) is 12.5. The number of anilines is 2. The van der Waals surface area contributed by atoms with Crippen LogP contribution in [0.15, 0.2) is 36.5 Å². The Bertz CT molecular complexity index is 1330. The molecule has 34 heavy (non-hydrogen) atoms. The zero-order valence-corrected chi connectivity index (χ0v) is 20.3. The highest BCUT2D eigenvalue weighted by Crippen LogP contribution is 2.40. The first kappa shape index (κ1) is 21.5.